The van der Waals surface area contributed by atoms with Gasteiger partial charge in [-0.1, -0.05) is 54.6 Å². The van der Waals surface area contributed by atoms with Gasteiger partial charge in [-0.25, -0.2) is 8.42 Å². The molecule has 0 saturated heterocycles. The second-order valence-electron chi connectivity index (χ2n) is 4.61. The van der Waals surface area contributed by atoms with E-state index in [4.69, 9.17) is 0 Å². The van der Waals surface area contributed by atoms with E-state index < -0.39 is 9.84 Å². The Morgan fingerprint density at radius 2 is 1.45 bits per heavy atom. The van der Waals surface area contributed by atoms with E-state index in [-0.39, 0.29) is 0 Å². The first-order valence-corrected chi connectivity index (χ1v) is 8.24. The average molecular weight is 286 g/mol. The third kappa shape index (κ3) is 4.35. The molecule has 0 atom stereocenters. The zero-order valence-electron chi connectivity index (χ0n) is 11.3. The third-order valence-electron chi connectivity index (χ3n) is 3.03. The van der Waals surface area contributed by atoms with E-state index in [1.54, 1.807) is 30.3 Å². The fourth-order valence-electron chi connectivity index (χ4n) is 1.95. The lowest BCUT2D eigenvalue weighted by molar-refractivity contribution is 0.604. The first-order valence-electron chi connectivity index (χ1n) is 6.69. The maximum atomic E-state index is 12.0. The quantitative estimate of drug-likeness (QED) is 0.752. The van der Waals surface area contributed by atoms with Crippen molar-refractivity contribution in [3.8, 4) is 0 Å². The molecular weight excluding hydrogens is 268 g/mol. The minimum atomic E-state index is -3.29. The van der Waals surface area contributed by atoms with Crippen LogP contribution in [0.2, 0.25) is 0 Å². The molecule has 0 unspecified atom stereocenters. The Balaban J connectivity index is 1.85. The summed E-state index contributed by atoms with van der Waals surface area (Å²) in [4.78, 5) is 0.347. The summed E-state index contributed by atoms with van der Waals surface area (Å²) in [5, 5.41) is 1.31. The molecule has 0 N–H and O–H groups in total. The van der Waals surface area contributed by atoms with Crippen molar-refractivity contribution in [2.45, 2.75) is 24.2 Å². The molecule has 0 fully saturated rings. The molecule has 20 heavy (non-hydrogen) atoms. The summed E-state index contributed by atoms with van der Waals surface area (Å²) in [5.74, 6) is 0. The van der Waals surface area contributed by atoms with Crippen molar-refractivity contribution < 1.29 is 8.42 Å². The predicted octanol–water partition coefficient (Wildman–Crippen LogP) is 4.00. The monoisotopic (exact) mass is 286 g/mol. The van der Waals surface area contributed by atoms with Crippen LogP contribution in [0.15, 0.2) is 77.0 Å². The van der Waals surface area contributed by atoms with Gasteiger partial charge < -0.3 is 0 Å². The minimum absolute atomic E-state index is 0.347. The smallest absolute Gasteiger partial charge is 0.199 e. The number of unbranched alkanes of at least 4 members (excludes halogenated alkanes) is 1. The van der Waals surface area contributed by atoms with Crippen LogP contribution in [-0.4, -0.2) is 8.42 Å². The Kier molecular flexibility index (Phi) is 5.13. The highest BCUT2D eigenvalue weighted by molar-refractivity contribution is 7.94. The van der Waals surface area contributed by atoms with Crippen LogP contribution < -0.4 is 0 Å². The van der Waals surface area contributed by atoms with Gasteiger partial charge >= 0.3 is 0 Å². The second-order valence-corrected chi connectivity index (χ2v) is 6.44. The molecule has 3 heteroatoms. The van der Waals surface area contributed by atoms with E-state index in [0.717, 1.165) is 19.3 Å². The van der Waals surface area contributed by atoms with Gasteiger partial charge in [-0.15, -0.1) is 0 Å². The highest BCUT2D eigenvalue weighted by Gasteiger charge is 2.07. The van der Waals surface area contributed by atoms with E-state index >= 15 is 0 Å². The van der Waals surface area contributed by atoms with Gasteiger partial charge in [-0.2, -0.15) is 0 Å². The fourth-order valence-corrected chi connectivity index (χ4v) is 3.04. The van der Waals surface area contributed by atoms with Crippen molar-refractivity contribution in [1.29, 1.82) is 0 Å². The van der Waals surface area contributed by atoms with Gasteiger partial charge in [0.2, 0.25) is 0 Å². The summed E-state index contributed by atoms with van der Waals surface area (Å²) in [6.07, 6.45) is 4.42. The topological polar surface area (TPSA) is 34.1 Å². The second kappa shape index (κ2) is 7.06. The van der Waals surface area contributed by atoms with Crippen LogP contribution in [0.4, 0.5) is 0 Å². The Labute approximate surface area is 120 Å². The molecule has 0 spiro atoms. The van der Waals surface area contributed by atoms with Crippen molar-refractivity contribution in [2.24, 2.45) is 0 Å². The SMILES string of the molecule is O=S(=O)(/C=C/CCCc1ccccc1)c1ccccc1. The summed E-state index contributed by atoms with van der Waals surface area (Å²) in [5.41, 5.74) is 1.28. The zero-order chi connectivity index (χ0) is 14.3. The summed E-state index contributed by atoms with van der Waals surface area (Å²) in [6, 6.07) is 18.7. The van der Waals surface area contributed by atoms with Gasteiger partial charge in [0, 0.05) is 5.41 Å². The summed E-state index contributed by atoms with van der Waals surface area (Å²) < 4.78 is 24.0. The molecule has 2 aromatic rings. The van der Waals surface area contributed by atoms with Crippen LogP contribution >= 0.6 is 0 Å². The lowest BCUT2D eigenvalue weighted by atomic mass is 10.1. The van der Waals surface area contributed by atoms with E-state index in [1.165, 1.54) is 11.0 Å². The van der Waals surface area contributed by atoms with E-state index in [2.05, 4.69) is 12.1 Å². The average Bonchev–Trinajstić information content (AvgIpc) is 2.49. The maximum Gasteiger partial charge on any atom is 0.199 e. The highest BCUT2D eigenvalue weighted by atomic mass is 32.2. The molecule has 0 heterocycles. The number of hydrogen-bond donors (Lipinski definition) is 0. The van der Waals surface area contributed by atoms with E-state index in [1.807, 2.05) is 24.3 Å². The fraction of sp³-hybridized carbons (Fsp3) is 0.176. The van der Waals surface area contributed by atoms with E-state index in [0.29, 0.717) is 4.90 Å². The van der Waals surface area contributed by atoms with Gasteiger partial charge in [-0.3, -0.25) is 0 Å². The van der Waals surface area contributed by atoms with Gasteiger partial charge in [0.1, 0.15) is 0 Å². The molecule has 0 aliphatic rings. The van der Waals surface area contributed by atoms with Crippen molar-refractivity contribution in [2.75, 3.05) is 0 Å². The zero-order valence-corrected chi connectivity index (χ0v) is 12.1. The van der Waals surface area contributed by atoms with Crippen molar-refractivity contribution in [3.05, 3.63) is 77.7 Å². The molecule has 0 bridgehead atoms. The molecule has 2 aromatic carbocycles. The Morgan fingerprint density at radius 3 is 2.10 bits per heavy atom. The molecule has 0 radical (unpaired) electrons. The predicted molar refractivity (Wildman–Crippen MR) is 82.1 cm³/mol. The van der Waals surface area contributed by atoms with Crippen molar-refractivity contribution >= 4 is 9.84 Å². The number of hydrogen-bond acceptors (Lipinski definition) is 2. The van der Waals surface area contributed by atoms with Crippen LogP contribution in [0.25, 0.3) is 0 Å². The number of aryl methyl sites for hydroxylation is 1. The van der Waals surface area contributed by atoms with Crippen LogP contribution in [0.5, 0.6) is 0 Å². The van der Waals surface area contributed by atoms with Crippen LogP contribution in [-0.2, 0) is 16.3 Å². The molecule has 0 aliphatic heterocycles. The number of allylic oxidation sites excluding steroid dienone is 1. The van der Waals surface area contributed by atoms with Crippen molar-refractivity contribution in [1.82, 2.24) is 0 Å². The number of benzene rings is 2. The summed E-state index contributed by atoms with van der Waals surface area (Å²) >= 11 is 0. The van der Waals surface area contributed by atoms with E-state index in [9.17, 15) is 8.42 Å². The van der Waals surface area contributed by atoms with Crippen LogP contribution in [0.3, 0.4) is 0 Å². The molecule has 104 valence electrons. The first-order chi connectivity index (χ1) is 9.68. The summed E-state index contributed by atoms with van der Waals surface area (Å²) in [6.45, 7) is 0. The number of rotatable bonds is 6. The molecule has 2 rings (SSSR count). The summed E-state index contributed by atoms with van der Waals surface area (Å²) in [7, 11) is -3.29. The molecule has 2 nitrogen and oxygen atoms in total. The standard InChI is InChI=1S/C17H18O2S/c18-20(19,17-13-7-2-8-14-17)15-9-3-6-12-16-10-4-1-5-11-16/h1-2,4-5,7-11,13-15H,3,6,12H2/b15-9+. The third-order valence-corrected chi connectivity index (χ3v) is 4.51. The Bertz CT molecular complexity index is 644. The minimum Gasteiger partial charge on any atom is -0.219 e. The van der Waals surface area contributed by atoms with Crippen molar-refractivity contribution in [3.63, 3.8) is 0 Å². The lowest BCUT2D eigenvalue weighted by Gasteiger charge is -1.99. The largest absolute Gasteiger partial charge is 0.219 e. The maximum absolute atomic E-state index is 12.0. The first kappa shape index (κ1) is 14.5. The molecular formula is C17H18O2S. The van der Waals surface area contributed by atoms with Gasteiger partial charge in [0.15, 0.2) is 9.84 Å². The molecule has 0 aliphatic carbocycles. The molecule has 0 saturated carbocycles. The normalized spacial score (nSPS) is 11.8. The molecule has 0 amide bonds. The number of sulfone groups is 1. The molecule has 0 aromatic heterocycles. The van der Waals surface area contributed by atoms with Crippen LogP contribution in [0.1, 0.15) is 18.4 Å². The Morgan fingerprint density at radius 1 is 0.850 bits per heavy atom. The van der Waals surface area contributed by atoms with Gasteiger partial charge in [0.05, 0.1) is 4.90 Å². The van der Waals surface area contributed by atoms with Crippen LogP contribution in [0, 0.1) is 0 Å². The van der Waals surface area contributed by atoms with Gasteiger partial charge in [0.25, 0.3) is 0 Å². The van der Waals surface area contributed by atoms with Gasteiger partial charge in [-0.05, 0) is 37.0 Å². The Hall–Kier alpha value is -1.87. The highest BCUT2D eigenvalue weighted by Crippen LogP contribution is 2.12. The lowest BCUT2D eigenvalue weighted by Crippen LogP contribution is -1.95.